The van der Waals surface area contributed by atoms with Crippen molar-refractivity contribution in [3.05, 3.63) is 30.0 Å². The van der Waals surface area contributed by atoms with Crippen LogP contribution in [0.25, 0.3) is 10.9 Å². The average Bonchev–Trinajstić information content (AvgIpc) is 3.33. The summed E-state index contributed by atoms with van der Waals surface area (Å²) in [7, 11) is -3.15. The van der Waals surface area contributed by atoms with Crippen molar-refractivity contribution in [2.75, 3.05) is 45.5 Å². The molecule has 2 N–H and O–H groups in total. The van der Waals surface area contributed by atoms with Gasteiger partial charge in [0, 0.05) is 68.8 Å². The van der Waals surface area contributed by atoms with E-state index in [0.717, 1.165) is 36.6 Å². The van der Waals surface area contributed by atoms with Gasteiger partial charge in [-0.15, -0.1) is 0 Å². The molecule has 11 heteroatoms. The van der Waals surface area contributed by atoms with Crippen molar-refractivity contribution in [3.8, 4) is 0 Å². The van der Waals surface area contributed by atoms with E-state index in [1.807, 2.05) is 28.9 Å². The summed E-state index contributed by atoms with van der Waals surface area (Å²) in [6, 6.07) is 8.87. The van der Waals surface area contributed by atoms with Crippen molar-refractivity contribution in [2.24, 2.45) is 0 Å². The lowest BCUT2D eigenvalue weighted by Crippen LogP contribution is -2.54. The number of nitrogens with one attached hydrogen (secondary N) is 1. The van der Waals surface area contributed by atoms with Gasteiger partial charge < -0.3 is 10.4 Å². The molecule has 3 saturated heterocycles. The summed E-state index contributed by atoms with van der Waals surface area (Å²) < 4.78 is 26.9. The summed E-state index contributed by atoms with van der Waals surface area (Å²) in [5.41, 5.74) is 1.47. The molecule has 10 nitrogen and oxygen atoms in total. The zero-order chi connectivity index (χ0) is 26.3. The highest BCUT2D eigenvalue weighted by molar-refractivity contribution is 7.88. The summed E-state index contributed by atoms with van der Waals surface area (Å²) in [5.74, 6) is -0.110. The van der Waals surface area contributed by atoms with Crippen molar-refractivity contribution >= 4 is 26.8 Å². The number of piperidine rings is 1. The van der Waals surface area contributed by atoms with Crippen LogP contribution in [0.3, 0.4) is 0 Å². The number of sulfonamides is 1. The van der Waals surface area contributed by atoms with Gasteiger partial charge in [-0.05, 0) is 45.6 Å². The number of aromatic nitrogens is 2. The Morgan fingerprint density at radius 2 is 1.73 bits per heavy atom. The topological polar surface area (TPSA) is 111 Å². The maximum Gasteiger partial charge on any atom is 0.272 e. The van der Waals surface area contributed by atoms with E-state index < -0.39 is 16.1 Å². The normalized spacial score (nSPS) is 26.7. The molecule has 3 atom stereocenters. The number of rotatable bonds is 8. The molecule has 0 spiro atoms. The summed E-state index contributed by atoms with van der Waals surface area (Å²) in [4.78, 5) is 17.9. The maximum absolute atomic E-state index is 13.3. The summed E-state index contributed by atoms with van der Waals surface area (Å²) in [6.07, 6.45) is 4.70. The molecule has 1 amide bonds. The van der Waals surface area contributed by atoms with E-state index in [1.165, 1.54) is 10.6 Å². The van der Waals surface area contributed by atoms with Crippen molar-refractivity contribution in [2.45, 2.75) is 69.8 Å². The Kier molecular flexibility index (Phi) is 7.61. The largest absolute Gasteiger partial charge is 0.390 e. The second-order valence-corrected chi connectivity index (χ2v) is 13.2. The molecule has 3 aliphatic rings. The summed E-state index contributed by atoms with van der Waals surface area (Å²) in [6.45, 7) is 7.56. The molecule has 3 aliphatic heterocycles. The van der Waals surface area contributed by atoms with Crippen molar-refractivity contribution < 1.29 is 18.3 Å². The fourth-order valence-corrected chi connectivity index (χ4v) is 7.26. The zero-order valence-electron chi connectivity index (χ0n) is 22.1. The zero-order valence-corrected chi connectivity index (χ0v) is 22.9. The molecule has 0 unspecified atom stereocenters. The van der Waals surface area contributed by atoms with E-state index in [-0.39, 0.29) is 18.0 Å². The number of amides is 1. The number of hydrogen-bond donors (Lipinski definition) is 2. The van der Waals surface area contributed by atoms with Crippen LogP contribution in [0.4, 0.5) is 0 Å². The minimum Gasteiger partial charge on any atom is -0.390 e. The maximum atomic E-state index is 13.3. The second kappa shape index (κ2) is 10.6. The second-order valence-electron chi connectivity index (χ2n) is 11.2. The van der Waals surface area contributed by atoms with E-state index in [2.05, 4.69) is 34.1 Å². The molecular formula is C26H40N6O4S. The fourth-order valence-electron chi connectivity index (χ4n) is 6.44. The third-order valence-electron chi connectivity index (χ3n) is 8.23. The first-order valence-electron chi connectivity index (χ1n) is 13.5. The van der Waals surface area contributed by atoms with Crippen LogP contribution < -0.4 is 5.32 Å². The molecule has 0 radical (unpaired) electrons. The number of hydrogen-bond acceptors (Lipinski definition) is 7. The number of para-hydroxylation sites is 1. The van der Waals surface area contributed by atoms with E-state index in [4.69, 9.17) is 0 Å². The molecule has 4 heterocycles. The molecule has 1 aromatic carbocycles. The van der Waals surface area contributed by atoms with Crippen LogP contribution in [0.5, 0.6) is 0 Å². The number of aliphatic hydroxyl groups excluding tert-OH is 1. The number of aliphatic hydroxyl groups is 1. The molecule has 2 bridgehead atoms. The highest BCUT2D eigenvalue weighted by atomic mass is 32.2. The molecular weight excluding hydrogens is 492 g/mol. The highest BCUT2D eigenvalue weighted by Gasteiger charge is 2.42. The van der Waals surface area contributed by atoms with Crippen LogP contribution >= 0.6 is 0 Å². The predicted octanol–water partition coefficient (Wildman–Crippen LogP) is 1.28. The molecule has 5 rings (SSSR count). The Balaban J connectivity index is 1.15. The van der Waals surface area contributed by atoms with Crippen LogP contribution in [-0.2, 0) is 10.0 Å². The summed E-state index contributed by atoms with van der Waals surface area (Å²) >= 11 is 0. The van der Waals surface area contributed by atoms with Crippen molar-refractivity contribution in [3.63, 3.8) is 0 Å². The first-order valence-corrected chi connectivity index (χ1v) is 15.3. The van der Waals surface area contributed by atoms with Gasteiger partial charge in [0.25, 0.3) is 5.91 Å². The molecule has 0 saturated carbocycles. The number of carbonyl (C=O) groups excluding carboxylic acids is 1. The van der Waals surface area contributed by atoms with Gasteiger partial charge in [-0.3, -0.25) is 19.3 Å². The lowest BCUT2D eigenvalue weighted by atomic mass is 9.96. The predicted molar refractivity (Wildman–Crippen MR) is 143 cm³/mol. The lowest BCUT2D eigenvalue weighted by molar-refractivity contribution is 0.0276. The lowest BCUT2D eigenvalue weighted by Gasteiger charge is -2.41. The monoisotopic (exact) mass is 532 g/mol. The molecule has 204 valence electrons. The van der Waals surface area contributed by atoms with Gasteiger partial charge in [-0.25, -0.2) is 8.42 Å². The van der Waals surface area contributed by atoms with Crippen LogP contribution in [0.1, 0.15) is 56.1 Å². The van der Waals surface area contributed by atoms with Crippen molar-refractivity contribution in [1.29, 1.82) is 0 Å². The van der Waals surface area contributed by atoms with Gasteiger partial charge >= 0.3 is 0 Å². The van der Waals surface area contributed by atoms with Gasteiger partial charge in [0.2, 0.25) is 10.0 Å². The third-order valence-corrected chi connectivity index (χ3v) is 9.53. The minimum atomic E-state index is -3.15. The van der Waals surface area contributed by atoms with Crippen molar-refractivity contribution in [1.82, 2.24) is 29.2 Å². The Labute approximate surface area is 219 Å². The smallest absolute Gasteiger partial charge is 0.272 e. The highest BCUT2D eigenvalue weighted by Crippen LogP contribution is 2.36. The van der Waals surface area contributed by atoms with Gasteiger partial charge in [0.15, 0.2) is 5.69 Å². The first-order chi connectivity index (χ1) is 17.6. The molecule has 1 aromatic heterocycles. The number of fused-ring (bicyclic) bond motifs is 3. The third kappa shape index (κ3) is 5.70. The Hall–Kier alpha value is -2.05. The standard InChI is InChI=1S/C26H40N6O4S/c1-18(2)32-24-7-5-4-6-23(24)25(28-32)26(34)27-19-14-20-8-9-21(15-19)31(20)17-22(33)16-29-10-12-30(13-11-29)37(3,35)36/h4-7,18-22,33H,8-17H2,1-3H3,(H,27,34)/t20-,21-,22+/m0/s1. The van der Waals surface area contributed by atoms with E-state index >= 15 is 0 Å². The Morgan fingerprint density at radius 3 is 2.35 bits per heavy atom. The van der Waals surface area contributed by atoms with E-state index in [0.29, 0.717) is 57.0 Å². The van der Waals surface area contributed by atoms with Crippen LogP contribution in [-0.4, -0.2) is 113 Å². The van der Waals surface area contributed by atoms with E-state index in [9.17, 15) is 18.3 Å². The Morgan fingerprint density at radius 1 is 1.08 bits per heavy atom. The van der Waals surface area contributed by atoms with E-state index in [1.54, 1.807) is 0 Å². The molecule has 0 aliphatic carbocycles. The fraction of sp³-hybridized carbons (Fsp3) is 0.692. The number of benzene rings is 1. The van der Waals surface area contributed by atoms with Crippen LogP contribution in [0.2, 0.25) is 0 Å². The minimum absolute atomic E-state index is 0.102. The number of carbonyl (C=O) groups is 1. The summed E-state index contributed by atoms with van der Waals surface area (Å²) in [5, 5.41) is 19.7. The van der Waals surface area contributed by atoms with Gasteiger partial charge in [0.1, 0.15) is 0 Å². The van der Waals surface area contributed by atoms with Crippen LogP contribution in [0.15, 0.2) is 24.3 Å². The molecule has 37 heavy (non-hydrogen) atoms. The van der Waals surface area contributed by atoms with Gasteiger partial charge in [0.05, 0.1) is 17.9 Å². The molecule has 2 aromatic rings. The Bertz CT molecular complexity index is 1210. The first kappa shape index (κ1) is 26.6. The number of β-amino-alcohol motifs (C(OH)–C–C–N with tert-alkyl or cyclic N) is 1. The van der Waals surface area contributed by atoms with Gasteiger partial charge in [-0.1, -0.05) is 18.2 Å². The van der Waals surface area contributed by atoms with Gasteiger partial charge in [-0.2, -0.15) is 9.40 Å². The number of nitrogens with zero attached hydrogens (tertiary/aromatic N) is 5. The average molecular weight is 533 g/mol. The SMILES string of the molecule is CC(C)n1nc(C(=O)NC2C[C@@H]3CC[C@@H](C2)N3C[C@H](O)CN2CCN(S(C)(=O)=O)CC2)c2ccccc21. The number of piperazine rings is 1. The quantitative estimate of drug-likeness (QED) is 0.527. The van der Waals surface area contributed by atoms with Crippen LogP contribution in [0, 0.1) is 0 Å². The molecule has 3 fully saturated rings.